The standard InChI is InChI=1S/C21H15Cl2N3O2S2/c1-25-20(28)17(30-21(25)29)9-12-10-26(16-8-3-2-5-13(12)16)11-18(27)24-19-14(22)6-4-7-15(19)23/h2-10H,11H2,1H3,(H,24,27). The Hall–Kier alpha value is -2.32. The van der Waals surface area contributed by atoms with Crippen LogP contribution in [0.2, 0.25) is 10.0 Å². The molecule has 0 bridgehead atoms. The molecule has 1 aromatic heterocycles. The molecule has 0 saturated carbocycles. The summed E-state index contributed by atoms with van der Waals surface area (Å²) in [5.74, 6) is -0.398. The Morgan fingerprint density at radius 1 is 1.17 bits per heavy atom. The first-order valence-electron chi connectivity index (χ1n) is 8.88. The van der Waals surface area contributed by atoms with Crippen LogP contribution >= 0.6 is 47.2 Å². The summed E-state index contributed by atoms with van der Waals surface area (Å²) in [6, 6.07) is 12.7. The number of anilines is 1. The van der Waals surface area contributed by atoms with Gasteiger partial charge in [-0.2, -0.15) is 0 Å². The van der Waals surface area contributed by atoms with Gasteiger partial charge in [0.1, 0.15) is 10.9 Å². The third-order valence-corrected chi connectivity index (χ3v) is 6.75. The normalized spacial score (nSPS) is 15.4. The number of halogens is 2. The minimum Gasteiger partial charge on any atom is -0.337 e. The Labute approximate surface area is 192 Å². The second kappa shape index (κ2) is 8.43. The third-order valence-electron chi connectivity index (χ3n) is 4.63. The van der Waals surface area contributed by atoms with Gasteiger partial charge in [-0.1, -0.05) is 71.4 Å². The van der Waals surface area contributed by atoms with Crippen molar-refractivity contribution in [2.75, 3.05) is 12.4 Å². The number of benzene rings is 2. The molecule has 0 radical (unpaired) electrons. The number of hydrogen-bond donors (Lipinski definition) is 1. The van der Waals surface area contributed by atoms with E-state index < -0.39 is 0 Å². The lowest BCUT2D eigenvalue weighted by molar-refractivity contribution is -0.121. The fourth-order valence-corrected chi connectivity index (χ4v) is 4.82. The Bertz CT molecular complexity index is 1220. The Kier molecular flexibility index (Phi) is 5.88. The van der Waals surface area contributed by atoms with E-state index in [1.807, 2.05) is 41.1 Å². The molecule has 4 rings (SSSR count). The van der Waals surface area contributed by atoms with Crippen LogP contribution < -0.4 is 5.32 Å². The van der Waals surface area contributed by atoms with E-state index in [0.717, 1.165) is 16.5 Å². The van der Waals surface area contributed by atoms with Gasteiger partial charge in [-0.3, -0.25) is 14.5 Å². The number of aromatic nitrogens is 1. The van der Waals surface area contributed by atoms with Gasteiger partial charge in [0, 0.05) is 29.7 Å². The highest BCUT2D eigenvalue weighted by molar-refractivity contribution is 8.26. The highest BCUT2D eigenvalue weighted by Gasteiger charge is 2.29. The number of amides is 2. The number of para-hydroxylation sites is 2. The first-order chi connectivity index (χ1) is 14.3. The van der Waals surface area contributed by atoms with E-state index in [2.05, 4.69) is 5.32 Å². The van der Waals surface area contributed by atoms with Crippen LogP contribution in [0.15, 0.2) is 53.6 Å². The summed E-state index contributed by atoms with van der Waals surface area (Å²) in [7, 11) is 1.66. The molecule has 0 aliphatic carbocycles. The van der Waals surface area contributed by atoms with E-state index in [1.165, 1.54) is 16.7 Å². The number of nitrogens with zero attached hydrogens (tertiary/aromatic N) is 2. The number of rotatable bonds is 4. The quantitative estimate of drug-likeness (QED) is 0.404. The predicted molar refractivity (Wildman–Crippen MR) is 128 cm³/mol. The summed E-state index contributed by atoms with van der Waals surface area (Å²) >= 11 is 18.8. The van der Waals surface area contributed by atoms with E-state index >= 15 is 0 Å². The van der Waals surface area contributed by atoms with Crippen molar-refractivity contribution in [2.24, 2.45) is 0 Å². The molecule has 0 unspecified atom stereocenters. The number of fused-ring (bicyclic) bond motifs is 1. The molecule has 152 valence electrons. The van der Waals surface area contributed by atoms with E-state index in [4.69, 9.17) is 35.4 Å². The summed E-state index contributed by atoms with van der Waals surface area (Å²) in [4.78, 5) is 27.0. The van der Waals surface area contributed by atoms with Crippen molar-refractivity contribution in [1.82, 2.24) is 9.47 Å². The molecular weight excluding hydrogens is 461 g/mol. The summed E-state index contributed by atoms with van der Waals surface area (Å²) in [5.41, 5.74) is 2.09. The van der Waals surface area contributed by atoms with Crippen molar-refractivity contribution in [3.8, 4) is 0 Å². The molecule has 1 aliphatic heterocycles. The first kappa shape index (κ1) is 20.9. The van der Waals surface area contributed by atoms with E-state index in [1.54, 1.807) is 25.2 Å². The Balaban J connectivity index is 1.65. The van der Waals surface area contributed by atoms with Gasteiger partial charge in [0.05, 0.1) is 20.6 Å². The second-order valence-corrected chi connectivity index (χ2v) is 9.11. The maximum Gasteiger partial charge on any atom is 0.265 e. The van der Waals surface area contributed by atoms with Crippen molar-refractivity contribution >= 4 is 86.0 Å². The van der Waals surface area contributed by atoms with Gasteiger partial charge in [0.15, 0.2) is 0 Å². The van der Waals surface area contributed by atoms with Crippen LogP contribution in [0.25, 0.3) is 17.0 Å². The molecule has 5 nitrogen and oxygen atoms in total. The minimum absolute atomic E-state index is 0.0602. The molecular formula is C21H15Cl2N3O2S2. The minimum atomic E-state index is -0.266. The first-order valence-corrected chi connectivity index (χ1v) is 10.9. The Morgan fingerprint density at radius 3 is 2.53 bits per heavy atom. The smallest absolute Gasteiger partial charge is 0.265 e. The molecule has 3 aromatic rings. The molecule has 2 amide bonds. The van der Waals surface area contributed by atoms with Crippen LogP contribution in [0.1, 0.15) is 5.56 Å². The number of carbonyl (C=O) groups excluding carboxylic acids is 2. The van der Waals surface area contributed by atoms with E-state index in [-0.39, 0.29) is 18.4 Å². The number of likely N-dealkylation sites (N-methyl/N-ethyl adjacent to an activating group) is 1. The van der Waals surface area contributed by atoms with Gasteiger partial charge < -0.3 is 9.88 Å². The van der Waals surface area contributed by atoms with Crippen LogP contribution in [0.5, 0.6) is 0 Å². The number of hydrogen-bond acceptors (Lipinski definition) is 4. The summed E-state index contributed by atoms with van der Waals surface area (Å²) < 4.78 is 2.35. The molecule has 1 saturated heterocycles. The maximum absolute atomic E-state index is 12.7. The number of nitrogens with one attached hydrogen (secondary N) is 1. The fourth-order valence-electron chi connectivity index (χ4n) is 3.16. The largest absolute Gasteiger partial charge is 0.337 e. The zero-order valence-corrected chi connectivity index (χ0v) is 18.8. The molecule has 1 N–H and O–H groups in total. The van der Waals surface area contributed by atoms with Crippen LogP contribution in [0.4, 0.5) is 5.69 Å². The Morgan fingerprint density at radius 2 is 1.87 bits per heavy atom. The number of thiocarbonyl (C=S) groups is 1. The third kappa shape index (κ3) is 3.98. The fraction of sp³-hybridized carbons (Fsp3) is 0.0952. The van der Waals surface area contributed by atoms with Crippen LogP contribution in [0.3, 0.4) is 0 Å². The van der Waals surface area contributed by atoms with E-state index in [9.17, 15) is 9.59 Å². The summed E-state index contributed by atoms with van der Waals surface area (Å²) in [6.45, 7) is 0.0602. The van der Waals surface area contributed by atoms with Gasteiger partial charge in [-0.05, 0) is 24.3 Å². The summed E-state index contributed by atoms with van der Waals surface area (Å²) in [6.07, 6.45) is 3.66. The predicted octanol–water partition coefficient (Wildman–Crippen LogP) is 5.42. The molecule has 1 aliphatic rings. The average molecular weight is 476 g/mol. The zero-order valence-electron chi connectivity index (χ0n) is 15.7. The van der Waals surface area contributed by atoms with Crippen LogP contribution in [0, 0.1) is 0 Å². The highest BCUT2D eigenvalue weighted by Crippen LogP contribution is 2.34. The molecule has 2 aromatic carbocycles. The maximum atomic E-state index is 12.7. The summed E-state index contributed by atoms with van der Waals surface area (Å²) in [5, 5.41) is 4.45. The van der Waals surface area contributed by atoms with Crippen molar-refractivity contribution in [3.05, 3.63) is 69.2 Å². The molecule has 0 atom stereocenters. The molecule has 9 heteroatoms. The van der Waals surface area contributed by atoms with Gasteiger partial charge in [-0.15, -0.1) is 0 Å². The molecule has 0 spiro atoms. The van der Waals surface area contributed by atoms with Crippen LogP contribution in [-0.2, 0) is 16.1 Å². The lowest BCUT2D eigenvalue weighted by Gasteiger charge is -2.10. The van der Waals surface area contributed by atoms with Gasteiger partial charge in [-0.25, -0.2) is 0 Å². The van der Waals surface area contributed by atoms with Gasteiger partial charge in [0.2, 0.25) is 5.91 Å². The van der Waals surface area contributed by atoms with Crippen molar-refractivity contribution in [1.29, 1.82) is 0 Å². The van der Waals surface area contributed by atoms with E-state index in [0.29, 0.717) is 25.0 Å². The molecule has 2 heterocycles. The molecule has 30 heavy (non-hydrogen) atoms. The molecule has 1 fully saturated rings. The second-order valence-electron chi connectivity index (χ2n) is 6.62. The van der Waals surface area contributed by atoms with Crippen molar-refractivity contribution < 1.29 is 9.59 Å². The number of carbonyl (C=O) groups is 2. The monoisotopic (exact) mass is 475 g/mol. The van der Waals surface area contributed by atoms with Gasteiger partial charge >= 0.3 is 0 Å². The SMILES string of the molecule is CN1C(=O)C(=Cc2cn(CC(=O)Nc3c(Cl)cccc3Cl)c3ccccc23)SC1=S. The topological polar surface area (TPSA) is 54.3 Å². The van der Waals surface area contributed by atoms with Crippen molar-refractivity contribution in [3.63, 3.8) is 0 Å². The van der Waals surface area contributed by atoms with Crippen molar-refractivity contribution in [2.45, 2.75) is 6.54 Å². The number of thioether (sulfide) groups is 1. The zero-order chi connectivity index (χ0) is 21.4. The average Bonchev–Trinajstić information content (AvgIpc) is 3.17. The van der Waals surface area contributed by atoms with Crippen LogP contribution in [-0.4, -0.2) is 32.6 Å². The lowest BCUT2D eigenvalue weighted by atomic mass is 10.1. The van der Waals surface area contributed by atoms with Gasteiger partial charge in [0.25, 0.3) is 5.91 Å². The highest BCUT2D eigenvalue weighted by atomic mass is 35.5. The lowest BCUT2D eigenvalue weighted by Crippen LogP contribution is -2.22.